The number of aromatic hydroxyl groups is 1. The SMILES string of the molecule is COc1cccc2c1Oc1[nH]c(=O)n(C)c(=O)c1[C@H]2c1c(O)n(C)c(=O)[nH]c1=O. The average molecular weight is 400 g/mol. The molecule has 150 valence electrons. The van der Waals surface area contributed by atoms with Gasteiger partial charge in [-0.25, -0.2) is 9.59 Å². The fraction of sp³-hybridized carbons (Fsp3) is 0.222. The van der Waals surface area contributed by atoms with Gasteiger partial charge in [0.25, 0.3) is 11.1 Å². The number of rotatable bonds is 2. The van der Waals surface area contributed by atoms with Crippen LogP contribution < -0.4 is 32.0 Å². The predicted octanol–water partition coefficient (Wildman–Crippen LogP) is -0.539. The largest absolute Gasteiger partial charge is 0.494 e. The number of fused-ring (bicyclic) bond motifs is 2. The van der Waals surface area contributed by atoms with Crippen LogP contribution >= 0.6 is 0 Å². The molecule has 3 N–H and O–H groups in total. The smallest absolute Gasteiger partial charge is 0.330 e. The summed E-state index contributed by atoms with van der Waals surface area (Å²) in [5, 5.41) is 10.6. The van der Waals surface area contributed by atoms with Gasteiger partial charge in [0.05, 0.1) is 24.2 Å². The molecule has 0 radical (unpaired) electrons. The molecule has 29 heavy (non-hydrogen) atoms. The van der Waals surface area contributed by atoms with Crippen LogP contribution in [-0.2, 0) is 14.1 Å². The zero-order valence-electron chi connectivity index (χ0n) is 15.6. The first-order valence-electron chi connectivity index (χ1n) is 8.46. The maximum Gasteiger partial charge on any atom is 0.330 e. The monoisotopic (exact) mass is 400 g/mol. The first kappa shape index (κ1) is 18.3. The molecule has 0 saturated carbocycles. The van der Waals surface area contributed by atoms with Crippen LogP contribution in [-0.4, -0.2) is 31.3 Å². The van der Waals surface area contributed by atoms with Crippen LogP contribution in [0.15, 0.2) is 37.4 Å². The molecule has 0 bridgehead atoms. The van der Waals surface area contributed by atoms with Crippen molar-refractivity contribution in [3.63, 3.8) is 0 Å². The zero-order chi connectivity index (χ0) is 21.0. The van der Waals surface area contributed by atoms with Gasteiger partial charge >= 0.3 is 11.4 Å². The van der Waals surface area contributed by atoms with Crippen LogP contribution in [0.25, 0.3) is 0 Å². The van der Waals surface area contributed by atoms with Crippen molar-refractivity contribution in [3.05, 3.63) is 76.6 Å². The van der Waals surface area contributed by atoms with Gasteiger partial charge in [-0.15, -0.1) is 0 Å². The Balaban J connectivity index is 2.19. The lowest BCUT2D eigenvalue weighted by molar-refractivity contribution is 0.357. The van der Waals surface area contributed by atoms with Crippen LogP contribution in [0.2, 0.25) is 0 Å². The Kier molecular flexibility index (Phi) is 3.96. The van der Waals surface area contributed by atoms with Gasteiger partial charge in [-0.3, -0.25) is 28.7 Å². The first-order valence-corrected chi connectivity index (χ1v) is 8.46. The van der Waals surface area contributed by atoms with E-state index in [1.165, 1.54) is 21.2 Å². The van der Waals surface area contributed by atoms with E-state index in [2.05, 4.69) is 9.97 Å². The zero-order valence-corrected chi connectivity index (χ0v) is 15.6. The van der Waals surface area contributed by atoms with Crippen molar-refractivity contribution >= 4 is 0 Å². The van der Waals surface area contributed by atoms with Gasteiger partial charge in [0.1, 0.15) is 0 Å². The summed E-state index contributed by atoms with van der Waals surface area (Å²) in [6, 6.07) is 4.83. The molecular formula is C18H16N4O7. The fourth-order valence-corrected chi connectivity index (χ4v) is 3.43. The molecular weight excluding hydrogens is 384 g/mol. The molecule has 0 fully saturated rings. The van der Waals surface area contributed by atoms with Crippen LogP contribution in [0.5, 0.6) is 23.3 Å². The molecule has 2 aromatic heterocycles. The molecule has 0 saturated heterocycles. The van der Waals surface area contributed by atoms with Crippen LogP contribution in [0.3, 0.4) is 0 Å². The Labute approximate surface area is 161 Å². The number of ether oxygens (including phenoxy) is 2. The number of benzene rings is 1. The van der Waals surface area contributed by atoms with Gasteiger partial charge in [-0.05, 0) is 6.07 Å². The second-order valence-electron chi connectivity index (χ2n) is 6.51. The third-order valence-electron chi connectivity index (χ3n) is 4.95. The van der Waals surface area contributed by atoms with Crippen LogP contribution in [0.4, 0.5) is 0 Å². The van der Waals surface area contributed by atoms with Crippen molar-refractivity contribution in [2.75, 3.05) is 7.11 Å². The van der Waals surface area contributed by atoms with Crippen molar-refractivity contribution in [1.29, 1.82) is 0 Å². The molecule has 11 nitrogen and oxygen atoms in total. The van der Waals surface area contributed by atoms with Crippen molar-refractivity contribution in [2.24, 2.45) is 14.1 Å². The highest BCUT2D eigenvalue weighted by atomic mass is 16.5. The van der Waals surface area contributed by atoms with Gasteiger partial charge in [0.15, 0.2) is 11.5 Å². The van der Waals surface area contributed by atoms with Crippen molar-refractivity contribution in [1.82, 2.24) is 19.1 Å². The topological polar surface area (TPSA) is 148 Å². The number of H-pyrrole nitrogens is 2. The summed E-state index contributed by atoms with van der Waals surface area (Å²) in [7, 11) is 3.95. The van der Waals surface area contributed by atoms with Gasteiger partial charge in [-0.2, -0.15) is 0 Å². The molecule has 1 aromatic carbocycles. The number of para-hydroxylation sites is 1. The van der Waals surface area contributed by atoms with E-state index in [1.807, 2.05) is 0 Å². The molecule has 3 aromatic rings. The molecule has 0 unspecified atom stereocenters. The third kappa shape index (κ3) is 2.51. The van der Waals surface area contributed by atoms with E-state index < -0.39 is 34.3 Å². The fourth-order valence-electron chi connectivity index (χ4n) is 3.43. The van der Waals surface area contributed by atoms with Gasteiger partial charge in [-0.1, -0.05) is 12.1 Å². The second-order valence-corrected chi connectivity index (χ2v) is 6.51. The number of nitrogens with zero attached hydrogens (tertiary/aromatic N) is 2. The predicted molar refractivity (Wildman–Crippen MR) is 100 cm³/mol. The van der Waals surface area contributed by atoms with Crippen molar-refractivity contribution < 1.29 is 14.6 Å². The second kappa shape index (κ2) is 6.26. The normalized spacial score (nSPS) is 14.7. The number of nitrogens with one attached hydrogen (secondary N) is 2. The highest BCUT2D eigenvalue weighted by molar-refractivity contribution is 5.61. The number of hydrogen-bond acceptors (Lipinski definition) is 7. The molecule has 0 spiro atoms. The molecule has 11 heteroatoms. The van der Waals surface area contributed by atoms with E-state index in [-0.39, 0.29) is 22.8 Å². The summed E-state index contributed by atoms with van der Waals surface area (Å²) >= 11 is 0. The summed E-state index contributed by atoms with van der Waals surface area (Å²) in [5.41, 5.74) is -3.07. The molecule has 1 atom stereocenters. The first-order chi connectivity index (χ1) is 13.8. The quantitative estimate of drug-likeness (QED) is 0.409. The van der Waals surface area contributed by atoms with Crippen LogP contribution in [0, 0.1) is 0 Å². The minimum Gasteiger partial charge on any atom is -0.494 e. The molecule has 1 aliphatic heterocycles. The van der Waals surface area contributed by atoms with Crippen LogP contribution in [0.1, 0.15) is 22.6 Å². The number of aromatic nitrogens is 4. The molecule has 3 heterocycles. The Hall–Kier alpha value is -4.02. The summed E-state index contributed by atoms with van der Waals surface area (Å²) in [6.07, 6.45) is 0. The minimum atomic E-state index is -1.13. The van der Waals surface area contributed by atoms with Crippen molar-refractivity contribution in [2.45, 2.75) is 5.92 Å². The number of hydrogen-bond donors (Lipinski definition) is 3. The maximum atomic E-state index is 12.9. The number of methoxy groups -OCH3 is 1. The molecule has 4 rings (SSSR count). The van der Waals surface area contributed by atoms with E-state index >= 15 is 0 Å². The lowest BCUT2D eigenvalue weighted by atomic mass is 9.84. The average Bonchev–Trinajstić information content (AvgIpc) is 2.69. The Morgan fingerprint density at radius 2 is 1.72 bits per heavy atom. The third-order valence-corrected chi connectivity index (χ3v) is 4.95. The standard InChI is InChI=1S/C18H16N4O7/c1-21-15(24)10(13(23)19-17(21)26)9-7-5-4-6-8(28-3)12(7)29-14-11(9)16(25)22(2)18(27)20-14/h4-6,9,24H,1-3H3,(H,20,27)(H,19,23,26)/t9-/m1/s1. The van der Waals surface area contributed by atoms with E-state index in [0.717, 1.165) is 9.13 Å². The van der Waals surface area contributed by atoms with Gasteiger partial charge in [0.2, 0.25) is 11.8 Å². The maximum absolute atomic E-state index is 12.9. The van der Waals surface area contributed by atoms with Gasteiger partial charge in [0, 0.05) is 19.7 Å². The van der Waals surface area contributed by atoms with E-state index in [1.54, 1.807) is 18.2 Å². The van der Waals surface area contributed by atoms with E-state index in [9.17, 15) is 24.3 Å². The number of aromatic amines is 2. The van der Waals surface area contributed by atoms with E-state index in [4.69, 9.17) is 9.47 Å². The minimum absolute atomic E-state index is 0.0627. The Morgan fingerprint density at radius 3 is 2.41 bits per heavy atom. The Morgan fingerprint density at radius 1 is 1.03 bits per heavy atom. The lowest BCUT2D eigenvalue weighted by Crippen LogP contribution is -2.39. The Bertz CT molecular complexity index is 1390. The molecule has 1 aliphatic rings. The molecule has 0 amide bonds. The summed E-state index contributed by atoms with van der Waals surface area (Å²) in [5.74, 6) is -1.45. The summed E-state index contributed by atoms with van der Waals surface area (Å²) < 4.78 is 12.7. The summed E-state index contributed by atoms with van der Waals surface area (Å²) in [4.78, 5) is 54.1. The molecule has 0 aliphatic carbocycles. The van der Waals surface area contributed by atoms with Crippen molar-refractivity contribution in [3.8, 4) is 23.3 Å². The van der Waals surface area contributed by atoms with Gasteiger partial charge < -0.3 is 14.6 Å². The highest BCUT2D eigenvalue weighted by Gasteiger charge is 2.38. The van der Waals surface area contributed by atoms with E-state index in [0.29, 0.717) is 11.3 Å². The highest BCUT2D eigenvalue weighted by Crippen LogP contribution is 2.48. The lowest BCUT2D eigenvalue weighted by Gasteiger charge is -2.28. The summed E-state index contributed by atoms with van der Waals surface area (Å²) in [6.45, 7) is 0.